The molecule has 0 aliphatic heterocycles. The van der Waals surface area contributed by atoms with E-state index in [1.165, 1.54) is 30.3 Å². The van der Waals surface area contributed by atoms with E-state index < -0.39 is 17.6 Å². The predicted octanol–water partition coefficient (Wildman–Crippen LogP) is 3.38. The molecule has 0 aliphatic carbocycles. The van der Waals surface area contributed by atoms with Crippen LogP contribution in [0.2, 0.25) is 0 Å². The summed E-state index contributed by atoms with van der Waals surface area (Å²) in [5, 5.41) is 12.7. The second kappa shape index (κ2) is 6.64. The Balaban J connectivity index is 2.18. The minimum Gasteiger partial charge on any atom is -0.348 e. The van der Waals surface area contributed by atoms with Crippen molar-refractivity contribution in [3.8, 4) is 0 Å². The van der Waals surface area contributed by atoms with Gasteiger partial charge in [-0.2, -0.15) is 13.2 Å². The van der Waals surface area contributed by atoms with Gasteiger partial charge in [-0.25, -0.2) is 0 Å². The van der Waals surface area contributed by atoms with Crippen molar-refractivity contribution < 1.29 is 18.0 Å². The molecule has 23 heavy (non-hydrogen) atoms. The standard InChI is InChI=1S/C15H15F3N4O/c1-9(2)19-14(23)12-7-8-13(22-21-12)20-11-6-4-3-5-10(11)15(16,17)18/h3-9H,1-2H3,(H,19,23)(H,20,22). The lowest BCUT2D eigenvalue weighted by Crippen LogP contribution is -2.30. The van der Waals surface area contributed by atoms with Gasteiger partial charge in [0, 0.05) is 6.04 Å². The Labute approximate surface area is 130 Å². The number of nitrogens with zero attached hydrogens (tertiary/aromatic N) is 2. The van der Waals surface area contributed by atoms with Gasteiger partial charge in [0.25, 0.3) is 5.91 Å². The van der Waals surface area contributed by atoms with Crippen LogP contribution >= 0.6 is 0 Å². The van der Waals surface area contributed by atoms with Crippen molar-refractivity contribution in [1.29, 1.82) is 0 Å². The lowest BCUT2D eigenvalue weighted by Gasteiger charge is -2.13. The second-order valence-electron chi connectivity index (χ2n) is 5.10. The van der Waals surface area contributed by atoms with Gasteiger partial charge < -0.3 is 10.6 Å². The van der Waals surface area contributed by atoms with Crippen molar-refractivity contribution in [2.24, 2.45) is 0 Å². The van der Waals surface area contributed by atoms with E-state index in [1.807, 2.05) is 0 Å². The van der Waals surface area contributed by atoms with Crippen molar-refractivity contribution in [3.05, 3.63) is 47.7 Å². The monoisotopic (exact) mass is 324 g/mol. The van der Waals surface area contributed by atoms with Crippen LogP contribution in [0.4, 0.5) is 24.7 Å². The van der Waals surface area contributed by atoms with Crippen LogP contribution in [0.5, 0.6) is 0 Å². The van der Waals surface area contributed by atoms with E-state index in [9.17, 15) is 18.0 Å². The molecule has 1 aromatic heterocycles. The maximum absolute atomic E-state index is 12.9. The van der Waals surface area contributed by atoms with E-state index in [0.29, 0.717) is 0 Å². The molecule has 1 amide bonds. The smallest absolute Gasteiger partial charge is 0.348 e. The van der Waals surface area contributed by atoms with Gasteiger partial charge in [0.05, 0.1) is 11.3 Å². The van der Waals surface area contributed by atoms with Gasteiger partial charge in [-0.3, -0.25) is 4.79 Å². The summed E-state index contributed by atoms with van der Waals surface area (Å²) in [6, 6.07) is 7.79. The van der Waals surface area contributed by atoms with Crippen LogP contribution < -0.4 is 10.6 Å². The highest BCUT2D eigenvalue weighted by molar-refractivity contribution is 5.92. The van der Waals surface area contributed by atoms with Crippen LogP contribution in [0.25, 0.3) is 0 Å². The Hall–Kier alpha value is -2.64. The Kier molecular flexibility index (Phi) is 4.83. The van der Waals surface area contributed by atoms with Crippen LogP contribution in [0.3, 0.4) is 0 Å². The molecule has 0 unspecified atom stereocenters. The van der Waals surface area contributed by atoms with E-state index in [-0.39, 0.29) is 23.2 Å². The molecule has 0 fully saturated rings. The molecule has 8 heteroatoms. The summed E-state index contributed by atoms with van der Waals surface area (Å²) >= 11 is 0. The van der Waals surface area contributed by atoms with Crippen LogP contribution in [0.15, 0.2) is 36.4 Å². The van der Waals surface area contributed by atoms with Crippen molar-refractivity contribution >= 4 is 17.4 Å². The maximum Gasteiger partial charge on any atom is 0.418 e. The number of carbonyl (C=O) groups is 1. The first-order valence-electron chi connectivity index (χ1n) is 6.85. The van der Waals surface area contributed by atoms with Crippen LogP contribution in [-0.4, -0.2) is 22.1 Å². The maximum atomic E-state index is 12.9. The summed E-state index contributed by atoms with van der Waals surface area (Å²) in [7, 11) is 0. The van der Waals surface area contributed by atoms with Gasteiger partial charge in [-0.15, -0.1) is 10.2 Å². The Morgan fingerprint density at radius 2 is 1.78 bits per heavy atom. The lowest BCUT2D eigenvalue weighted by atomic mass is 10.1. The highest BCUT2D eigenvalue weighted by Crippen LogP contribution is 2.35. The first-order chi connectivity index (χ1) is 10.8. The van der Waals surface area contributed by atoms with Gasteiger partial charge in [-0.1, -0.05) is 12.1 Å². The van der Waals surface area contributed by atoms with E-state index in [0.717, 1.165) is 6.07 Å². The summed E-state index contributed by atoms with van der Waals surface area (Å²) in [6.07, 6.45) is -4.48. The molecule has 2 N–H and O–H groups in total. The number of anilines is 2. The zero-order chi connectivity index (χ0) is 17.0. The summed E-state index contributed by atoms with van der Waals surface area (Å²) in [5.74, 6) is -0.280. The third kappa shape index (κ3) is 4.41. The number of carbonyl (C=O) groups excluding carboxylic acids is 1. The number of hydrogen-bond donors (Lipinski definition) is 2. The Bertz CT molecular complexity index is 684. The van der Waals surface area contributed by atoms with Crippen LogP contribution in [0.1, 0.15) is 29.9 Å². The molecule has 122 valence electrons. The van der Waals surface area contributed by atoms with Crippen molar-refractivity contribution in [3.63, 3.8) is 0 Å². The molecule has 2 rings (SSSR count). The molecule has 1 aromatic carbocycles. The summed E-state index contributed by atoms with van der Waals surface area (Å²) < 4.78 is 38.7. The first kappa shape index (κ1) is 16.7. The zero-order valence-corrected chi connectivity index (χ0v) is 12.5. The minimum atomic E-state index is -4.48. The highest BCUT2D eigenvalue weighted by atomic mass is 19.4. The minimum absolute atomic E-state index is 0.0548. The number of halogens is 3. The summed E-state index contributed by atoms with van der Waals surface area (Å²) in [5.41, 5.74) is -0.842. The van der Waals surface area contributed by atoms with E-state index in [4.69, 9.17) is 0 Å². The predicted molar refractivity (Wildman–Crippen MR) is 79.4 cm³/mol. The number of aromatic nitrogens is 2. The molecule has 5 nitrogen and oxygen atoms in total. The largest absolute Gasteiger partial charge is 0.418 e. The number of para-hydroxylation sites is 1. The third-order valence-electron chi connectivity index (χ3n) is 2.81. The molecule has 2 aromatic rings. The number of hydrogen-bond acceptors (Lipinski definition) is 4. The molecule has 0 aliphatic rings. The van der Waals surface area contributed by atoms with Gasteiger partial charge in [0.1, 0.15) is 0 Å². The fraction of sp³-hybridized carbons (Fsp3) is 0.267. The zero-order valence-electron chi connectivity index (χ0n) is 12.5. The fourth-order valence-electron chi connectivity index (χ4n) is 1.83. The number of benzene rings is 1. The second-order valence-corrected chi connectivity index (χ2v) is 5.10. The quantitative estimate of drug-likeness (QED) is 0.905. The van der Waals surface area contributed by atoms with Gasteiger partial charge in [-0.05, 0) is 38.1 Å². The van der Waals surface area contributed by atoms with Gasteiger partial charge in [0.2, 0.25) is 0 Å². The van der Waals surface area contributed by atoms with Gasteiger partial charge in [0.15, 0.2) is 11.5 Å². The third-order valence-corrected chi connectivity index (χ3v) is 2.81. The lowest BCUT2D eigenvalue weighted by molar-refractivity contribution is -0.136. The fourth-order valence-corrected chi connectivity index (χ4v) is 1.83. The van der Waals surface area contributed by atoms with Crippen LogP contribution in [0, 0.1) is 0 Å². The highest BCUT2D eigenvalue weighted by Gasteiger charge is 2.33. The van der Waals surface area contributed by atoms with E-state index in [2.05, 4.69) is 20.8 Å². The molecular weight excluding hydrogens is 309 g/mol. The van der Waals surface area contributed by atoms with Gasteiger partial charge >= 0.3 is 6.18 Å². The molecule has 0 bridgehead atoms. The summed E-state index contributed by atoms with van der Waals surface area (Å²) in [4.78, 5) is 11.7. The number of alkyl halides is 3. The topological polar surface area (TPSA) is 66.9 Å². The normalized spacial score (nSPS) is 11.4. The van der Waals surface area contributed by atoms with Crippen molar-refractivity contribution in [2.45, 2.75) is 26.1 Å². The average molecular weight is 324 g/mol. The number of amides is 1. The molecule has 0 saturated heterocycles. The first-order valence-corrected chi connectivity index (χ1v) is 6.85. The molecular formula is C15H15F3N4O. The summed E-state index contributed by atoms with van der Waals surface area (Å²) in [6.45, 7) is 3.60. The van der Waals surface area contributed by atoms with Crippen molar-refractivity contribution in [2.75, 3.05) is 5.32 Å². The number of nitrogens with one attached hydrogen (secondary N) is 2. The number of rotatable bonds is 4. The molecule has 1 heterocycles. The Morgan fingerprint density at radius 1 is 1.09 bits per heavy atom. The SMILES string of the molecule is CC(C)NC(=O)c1ccc(Nc2ccccc2C(F)(F)F)nn1. The van der Waals surface area contributed by atoms with E-state index in [1.54, 1.807) is 13.8 Å². The molecule has 0 spiro atoms. The molecule has 0 atom stereocenters. The van der Waals surface area contributed by atoms with Crippen molar-refractivity contribution in [1.82, 2.24) is 15.5 Å². The average Bonchev–Trinajstić information content (AvgIpc) is 2.46. The molecule has 0 radical (unpaired) electrons. The van der Waals surface area contributed by atoms with Crippen LogP contribution in [-0.2, 0) is 6.18 Å². The van der Waals surface area contributed by atoms with E-state index >= 15 is 0 Å². The Morgan fingerprint density at radius 3 is 2.35 bits per heavy atom. The molecule has 0 saturated carbocycles.